The smallest absolute Gasteiger partial charge is 0.178 e. The zero-order chi connectivity index (χ0) is 15.6. The second-order valence-corrected chi connectivity index (χ2v) is 7.33. The van der Waals surface area contributed by atoms with E-state index >= 15 is 0 Å². The molecular formula is C15H21N3O2S. The van der Waals surface area contributed by atoms with Gasteiger partial charge in [0.25, 0.3) is 0 Å². The molecule has 1 aromatic carbocycles. The van der Waals surface area contributed by atoms with Crippen molar-refractivity contribution in [3.8, 4) is 0 Å². The Morgan fingerprint density at radius 2 is 1.81 bits per heavy atom. The first-order valence-corrected chi connectivity index (χ1v) is 8.56. The van der Waals surface area contributed by atoms with Crippen LogP contribution in [0.2, 0.25) is 0 Å². The molecule has 0 saturated carbocycles. The third-order valence-electron chi connectivity index (χ3n) is 3.72. The van der Waals surface area contributed by atoms with E-state index in [9.17, 15) is 8.42 Å². The van der Waals surface area contributed by atoms with Crippen molar-refractivity contribution in [1.29, 1.82) is 0 Å². The summed E-state index contributed by atoms with van der Waals surface area (Å²) >= 11 is 0. The van der Waals surface area contributed by atoms with Crippen molar-refractivity contribution in [2.45, 2.75) is 32.2 Å². The fourth-order valence-electron chi connectivity index (χ4n) is 2.21. The zero-order valence-electron chi connectivity index (χ0n) is 12.8. The fraction of sp³-hybridized carbons (Fsp3) is 0.400. The lowest BCUT2D eigenvalue weighted by atomic mass is 10.2. The van der Waals surface area contributed by atoms with Crippen molar-refractivity contribution in [1.82, 2.24) is 9.78 Å². The summed E-state index contributed by atoms with van der Waals surface area (Å²) in [4.78, 5) is 0.365. The number of nitrogens with zero attached hydrogens (tertiary/aromatic N) is 2. The predicted octanol–water partition coefficient (Wildman–Crippen LogP) is 2.44. The summed E-state index contributed by atoms with van der Waals surface area (Å²) in [6.45, 7) is 6.34. The monoisotopic (exact) mass is 307 g/mol. The molecule has 0 aliphatic rings. The molecule has 1 aromatic heterocycles. The number of anilines is 1. The molecule has 114 valence electrons. The van der Waals surface area contributed by atoms with E-state index in [0.29, 0.717) is 11.4 Å². The number of rotatable bonds is 5. The maximum atomic E-state index is 11.8. The lowest BCUT2D eigenvalue weighted by molar-refractivity contribution is 0.597. The molecule has 21 heavy (non-hydrogen) atoms. The van der Waals surface area contributed by atoms with E-state index in [2.05, 4.69) is 10.4 Å². The number of benzene rings is 1. The highest BCUT2D eigenvalue weighted by Crippen LogP contribution is 2.18. The van der Waals surface area contributed by atoms with Gasteiger partial charge in [0.1, 0.15) is 0 Å². The van der Waals surface area contributed by atoms with Crippen LogP contribution in [-0.2, 0) is 23.4 Å². The molecule has 0 aliphatic carbocycles. The van der Waals surface area contributed by atoms with Gasteiger partial charge < -0.3 is 5.32 Å². The average molecular weight is 307 g/mol. The van der Waals surface area contributed by atoms with E-state index in [1.807, 2.05) is 25.6 Å². The van der Waals surface area contributed by atoms with Crippen molar-refractivity contribution < 1.29 is 8.42 Å². The standard InChI is InChI=1S/C15H21N3O2S/c1-5-21(19,20)14-8-6-13(7-9-14)16-10-15-11(2)17-18(4)12(15)3/h6-9,16H,5,10H2,1-4H3. The molecule has 1 N–H and O–H groups in total. The van der Waals surface area contributed by atoms with Crippen molar-refractivity contribution in [3.63, 3.8) is 0 Å². The van der Waals surface area contributed by atoms with Gasteiger partial charge in [-0.15, -0.1) is 0 Å². The van der Waals surface area contributed by atoms with E-state index in [4.69, 9.17) is 0 Å². The Kier molecular flexibility index (Phi) is 4.37. The lowest BCUT2D eigenvalue weighted by Crippen LogP contribution is -2.05. The lowest BCUT2D eigenvalue weighted by Gasteiger charge is -2.08. The van der Waals surface area contributed by atoms with Gasteiger partial charge in [0, 0.05) is 30.5 Å². The van der Waals surface area contributed by atoms with Gasteiger partial charge in [-0.25, -0.2) is 8.42 Å². The number of sulfone groups is 1. The third-order valence-corrected chi connectivity index (χ3v) is 5.47. The van der Waals surface area contributed by atoms with E-state index in [1.165, 1.54) is 5.56 Å². The number of hydrogen-bond donors (Lipinski definition) is 1. The first kappa shape index (κ1) is 15.6. The molecule has 2 aromatic rings. The van der Waals surface area contributed by atoms with Gasteiger partial charge in [-0.2, -0.15) is 5.10 Å². The molecule has 0 amide bonds. The molecule has 0 fully saturated rings. The van der Waals surface area contributed by atoms with Gasteiger partial charge >= 0.3 is 0 Å². The Bertz CT molecular complexity index is 731. The number of aromatic nitrogens is 2. The minimum atomic E-state index is -3.13. The molecule has 2 rings (SSSR count). The minimum absolute atomic E-state index is 0.119. The van der Waals surface area contributed by atoms with Crippen LogP contribution in [0.4, 0.5) is 5.69 Å². The molecule has 1 heterocycles. The Hall–Kier alpha value is -1.82. The van der Waals surface area contributed by atoms with Crippen LogP contribution in [0.25, 0.3) is 0 Å². The van der Waals surface area contributed by atoms with Gasteiger partial charge in [0.15, 0.2) is 9.84 Å². The minimum Gasteiger partial charge on any atom is -0.381 e. The topological polar surface area (TPSA) is 64.0 Å². The van der Waals surface area contributed by atoms with E-state index in [1.54, 1.807) is 31.2 Å². The van der Waals surface area contributed by atoms with Crippen LogP contribution in [0, 0.1) is 13.8 Å². The first-order chi connectivity index (χ1) is 9.85. The summed E-state index contributed by atoms with van der Waals surface area (Å²) in [7, 11) is -1.21. The van der Waals surface area contributed by atoms with Crippen LogP contribution >= 0.6 is 0 Å². The summed E-state index contributed by atoms with van der Waals surface area (Å²) in [6.07, 6.45) is 0. The molecule has 0 spiro atoms. The van der Waals surface area contributed by atoms with Crippen LogP contribution < -0.4 is 5.32 Å². The van der Waals surface area contributed by atoms with Gasteiger partial charge in [-0.05, 0) is 38.1 Å². The molecule has 6 heteroatoms. The van der Waals surface area contributed by atoms with Crippen molar-refractivity contribution in [3.05, 3.63) is 41.2 Å². The van der Waals surface area contributed by atoms with Crippen molar-refractivity contribution in [2.24, 2.45) is 7.05 Å². The summed E-state index contributed by atoms with van der Waals surface area (Å²) in [5.41, 5.74) is 4.20. The van der Waals surface area contributed by atoms with Crippen LogP contribution in [0.1, 0.15) is 23.9 Å². The predicted molar refractivity (Wildman–Crippen MR) is 84.2 cm³/mol. The van der Waals surface area contributed by atoms with Gasteiger partial charge in [-0.3, -0.25) is 4.68 Å². The number of aryl methyl sites for hydroxylation is 2. The second kappa shape index (κ2) is 5.89. The molecular weight excluding hydrogens is 286 g/mol. The maximum Gasteiger partial charge on any atom is 0.178 e. The number of nitrogens with one attached hydrogen (secondary N) is 1. The Labute approximate surface area is 125 Å². The Morgan fingerprint density at radius 3 is 2.29 bits per heavy atom. The largest absolute Gasteiger partial charge is 0.381 e. The van der Waals surface area contributed by atoms with Crippen molar-refractivity contribution >= 4 is 15.5 Å². The van der Waals surface area contributed by atoms with Crippen molar-refractivity contribution in [2.75, 3.05) is 11.1 Å². The van der Waals surface area contributed by atoms with Gasteiger partial charge in [0.05, 0.1) is 16.3 Å². The maximum absolute atomic E-state index is 11.8. The third kappa shape index (κ3) is 3.26. The van der Waals surface area contributed by atoms with Crippen LogP contribution in [-0.4, -0.2) is 24.0 Å². The highest BCUT2D eigenvalue weighted by atomic mass is 32.2. The number of hydrogen-bond acceptors (Lipinski definition) is 4. The Balaban J connectivity index is 2.11. The normalized spacial score (nSPS) is 11.6. The molecule has 0 aliphatic heterocycles. The molecule has 0 bridgehead atoms. The summed E-state index contributed by atoms with van der Waals surface area (Å²) in [5.74, 6) is 0.119. The van der Waals surface area contributed by atoms with Crippen LogP contribution in [0.15, 0.2) is 29.2 Å². The SMILES string of the molecule is CCS(=O)(=O)c1ccc(NCc2c(C)nn(C)c2C)cc1. The quantitative estimate of drug-likeness (QED) is 0.921. The highest BCUT2D eigenvalue weighted by Gasteiger charge is 2.11. The highest BCUT2D eigenvalue weighted by molar-refractivity contribution is 7.91. The molecule has 0 unspecified atom stereocenters. The fourth-order valence-corrected chi connectivity index (χ4v) is 3.09. The summed E-state index contributed by atoms with van der Waals surface area (Å²) in [5, 5.41) is 7.68. The zero-order valence-corrected chi connectivity index (χ0v) is 13.7. The van der Waals surface area contributed by atoms with E-state index in [-0.39, 0.29) is 5.75 Å². The second-order valence-electron chi connectivity index (χ2n) is 5.05. The van der Waals surface area contributed by atoms with Gasteiger partial charge in [-0.1, -0.05) is 6.92 Å². The summed E-state index contributed by atoms with van der Waals surface area (Å²) in [6, 6.07) is 6.88. The molecule has 0 atom stereocenters. The summed E-state index contributed by atoms with van der Waals surface area (Å²) < 4.78 is 25.4. The average Bonchev–Trinajstić information content (AvgIpc) is 2.71. The van der Waals surface area contributed by atoms with E-state index in [0.717, 1.165) is 17.1 Å². The van der Waals surface area contributed by atoms with Gasteiger partial charge in [0.2, 0.25) is 0 Å². The molecule has 0 radical (unpaired) electrons. The molecule has 5 nitrogen and oxygen atoms in total. The van der Waals surface area contributed by atoms with Crippen LogP contribution in [0.5, 0.6) is 0 Å². The van der Waals surface area contributed by atoms with E-state index < -0.39 is 9.84 Å². The Morgan fingerprint density at radius 1 is 1.19 bits per heavy atom. The first-order valence-electron chi connectivity index (χ1n) is 6.91. The molecule has 0 saturated heterocycles. The van der Waals surface area contributed by atoms with Crippen LogP contribution in [0.3, 0.4) is 0 Å².